The predicted molar refractivity (Wildman–Crippen MR) is 89.2 cm³/mol. The molecule has 2 saturated heterocycles. The lowest BCUT2D eigenvalue weighted by Crippen LogP contribution is -2.57. The van der Waals surface area contributed by atoms with E-state index in [4.69, 9.17) is 4.74 Å². The number of carbonyl (C=O) groups is 1. The molecule has 1 amide bonds. The summed E-state index contributed by atoms with van der Waals surface area (Å²) in [5.74, 6) is 0.975. The van der Waals surface area contributed by atoms with E-state index in [1.54, 1.807) is 0 Å². The Kier molecular flexibility index (Phi) is 5.60. The fourth-order valence-electron chi connectivity index (χ4n) is 4.29. The van der Waals surface area contributed by atoms with Crippen LogP contribution in [0.2, 0.25) is 0 Å². The van der Waals surface area contributed by atoms with E-state index in [1.165, 1.54) is 0 Å². The molecule has 3 rings (SSSR count). The molecule has 1 unspecified atom stereocenters. The number of aliphatic hydroxyl groups is 1. The van der Waals surface area contributed by atoms with Crippen molar-refractivity contribution in [3.63, 3.8) is 0 Å². The monoisotopic (exact) mass is 324 g/mol. The van der Waals surface area contributed by atoms with Crippen molar-refractivity contribution in [1.82, 2.24) is 9.80 Å². The van der Waals surface area contributed by atoms with Crippen LogP contribution in [-0.4, -0.2) is 71.8 Å². The number of carbonyl (C=O) groups excluding carboxylic acids is 1. The minimum absolute atomic E-state index is 0.0368. The Bertz CT molecular complexity index is 401. The van der Waals surface area contributed by atoms with Gasteiger partial charge in [-0.1, -0.05) is 13.3 Å². The Labute approximate surface area is 140 Å². The van der Waals surface area contributed by atoms with Gasteiger partial charge in [-0.3, -0.25) is 9.69 Å². The highest BCUT2D eigenvalue weighted by atomic mass is 16.5. The number of hydrogen-bond acceptors (Lipinski definition) is 4. The van der Waals surface area contributed by atoms with Crippen LogP contribution in [0.1, 0.15) is 51.9 Å². The van der Waals surface area contributed by atoms with Gasteiger partial charge >= 0.3 is 0 Å². The summed E-state index contributed by atoms with van der Waals surface area (Å²) in [6, 6.07) is -0.0368. The van der Waals surface area contributed by atoms with Crippen LogP contribution in [0.5, 0.6) is 0 Å². The summed E-state index contributed by atoms with van der Waals surface area (Å²) in [5.41, 5.74) is -0.590. The van der Waals surface area contributed by atoms with Gasteiger partial charge in [0.05, 0.1) is 24.9 Å². The zero-order chi connectivity index (χ0) is 16.3. The van der Waals surface area contributed by atoms with Gasteiger partial charge in [-0.15, -0.1) is 0 Å². The van der Waals surface area contributed by atoms with Gasteiger partial charge in [0.1, 0.15) is 0 Å². The second-order valence-corrected chi connectivity index (χ2v) is 7.83. The number of nitrogens with zero attached hydrogens (tertiary/aromatic N) is 2. The molecule has 3 aliphatic rings. The molecule has 5 nitrogen and oxygen atoms in total. The predicted octanol–water partition coefficient (Wildman–Crippen LogP) is 1.64. The summed E-state index contributed by atoms with van der Waals surface area (Å²) in [6.45, 7) is 6.61. The van der Waals surface area contributed by atoms with E-state index in [9.17, 15) is 9.90 Å². The quantitative estimate of drug-likeness (QED) is 0.857. The van der Waals surface area contributed by atoms with Crippen molar-refractivity contribution in [2.24, 2.45) is 5.92 Å². The third-order valence-electron chi connectivity index (χ3n) is 5.92. The van der Waals surface area contributed by atoms with Gasteiger partial charge in [-0.2, -0.15) is 0 Å². The number of morpholine rings is 1. The standard InChI is InChI=1S/C18H32N2O3/c1-15-5-7-18(22,8-6-15)14-20-9-3-2-4-16(20)17(21)19-10-12-23-13-11-19/h15-16,22H,2-14H2,1H3. The number of amides is 1. The van der Waals surface area contributed by atoms with Gasteiger partial charge in [0.2, 0.25) is 5.91 Å². The summed E-state index contributed by atoms with van der Waals surface area (Å²) in [6.07, 6.45) is 7.15. The summed E-state index contributed by atoms with van der Waals surface area (Å²) < 4.78 is 5.36. The first kappa shape index (κ1) is 17.2. The van der Waals surface area contributed by atoms with E-state index in [2.05, 4.69) is 11.8 Å². The first-order valence-electron chi connectivity index (χ1n) is 9.40. The molecule has 0 spiro atoms. The Balaban J connectivity index is 1.62. The molecule has 2 heterocycles. The van der Waals surface area contributed by atoms with Crippen molar-refractivity contribution in [3.05, 3.63) is 0 Å². The molecule has 0 bridgehead atoms. The maximum Gasteiger partial charge on any atom is 0.240 e. The van der Waals surface area contributed by atoms with Gasteiger partial charge in [0, 0.05) is 19.6 Å². The van der Waals surface area contributed by atoms with E-state index < -0.39 is 5.60 Å². The van der Waals surface area contributed by atoms with Crippen LogP contribution in [0.25, 0.3) is 0 Å². The van der Waals surface area contributed by atoms with E-state index in [0.717, 1.165) is 57.4 Å². The van der Waals surface area contributed by atoms with E-state index in [-0.39, 0.29) is 11.9 Å². The molecule has 1 atom stereocenters. The van der Waals surface area contributed by atoms with Crippen molar-refractivity contribution < 1.29 is 14.6 Å². The van der Waals surface area contributed by atoms with Gasteiger partial charge < -0.3 is 14.7 Å². The number of hydrogen-bond donors (Lipinski definition) is 1. The molecule has 23 heavy (non-hydrogen) atoms. The lowest BCUT2D eigenvalue weighted by atomic mass is 9.79. The van der Waals surface area contributed by atoms with E-state index in [1.807, 2.05) is 4.90 Å². The van der Waals surface area contributed by atoms with Crippen LogP contribution in [-0.2, 0) is 9.53 Å². The number of piperidine rings is 1. The number of likely N-dealkylation sites (tertiary alicyclic amines) is 1. The zero-order valence-corrected chi connectivity index (χ0v) is 14.5. The smallest absolute Gasteiger partial charge is 0.240 e. The third-order valence-corrected chi connectivity index (χ3v) is 5.92. The first-order valence-corrected chi connectivity index (χ1v) is 9.40. The first-order chi connectivity index (χ1) is 11.1. The summed E-state index contributed by atoms with van der Waals surface area (Å²) in [5, 5.41) is 11.0. The molecule has 3 fully saturated rings. The van der Waals surface area contributed by atoms with Crippen molar-refractivity contribution in [1.29, 1.82) is 0 Å². The summed E-state index contributed by atoms with van der Waals surface area (Å²) in [4.78, 5) is 17.1. The average molecular weight is 324 g/mol. The molecule has 0 aromatic heterocycles. The minimum atomic E-state index is -0.590. The highest BCUT2D eigenvalue weighted by Crippen LogP contribution is 2.34. The van der Waals surface area contributed by atoms with Crippen LogP contribution in [0.3, 0.4) is 0 Å². The summed E-state index contributed by atoms with van der Waals surface area (Å²) in [7, 11) is 0. The second-order valence-electron chi connectivity index (χ2n) is 7.83. The fraction of sp³-hybridized carbons (Fsp3) is 0.944. The van der Waals surface area contributed by atoms with Crippen LogP contribution in [0.15, 0.2) is 0 Å². The normalized spacial score (nSPS) is 36.9. The SMILES string of the molecule is CC1CCC(O)(CN2CCCCC2C(=O)N2CCOCC2)CC1. The lowest BCUT2D eigenvalue weighted by Gasteiger charge is -2.44. The van der Waals surface area contributed by atoms with Gasteiger partial charge in [0.15, 0.2) is 0 Å². The molecule has 1 saturated carbocycles. The minimum Gasteiger partial charge on any atom is -0.389 e. The molecule has 132 valence electrons. The van der Waals surface area contributed by atoms with Gasteiger partial charge in [-0.05, 0) is 51.0 Å². The van der Waals surface area contributed by atoms with Crippen molar-refractivity contribution in [3.8, 4) is 0 Å². The Hall–Kier alpha value is -0.650. The van der Waals surface area contributed by atoms with Gasteiger partial charge in [-0.25, -0.2) is 0 Å². The molecular weight excluding hydrogens is 292 g/mol. The van der Waals surface area contributed by atoms with Crippen molar-refractivity contribution >= 4 is 5.91 Å². The molecule has 1 N–H and O–H groups in total. The second kappa shape index (κ2) is 7.49. The Morgan fingerprint density at radius 2 is 1.83 bits per heavy atom. The van der Waals surface area contributed by atoms with Crippen LogP contribution in [0.4, 0.5) is 0 Å². The largest absolute Gasteiger partial charge is 0.389 e. The molecule has 0 radical (unpaired) electrons. The number of ether oxygens (including phenoxy) is 1. The van der Waals surface area contributed by atoms with E-state index >= 15 is 0 Å². The Morgan fingerprint density at radius 3 is 2.52 bits per heavy atom. The lowest BCUT2D eigenvalue weighted by molar-refractivity contribution is -0.144. The molecule has 1 aliphatic carbocycles. The van der Waals surface area contributed by atoms with Crippen LogP contribution < -0.4 is 0 Å². The molecule has 0 aromatic rings. The van der Waals surface area contributed by atoms with E-state index in [0.29, 0.717) is 32.8 Å². The Morgan fingerprint density at radius 1 is 1.13 bits per heavy atom. The highest BCUT2D eigenvalue weighted by Gasteiger charge is 2.39. The summed E-state index contributed by atoms with van der Waals surface area (Å²) >= 11 is 0. The third kappa shape index (κ3) is 4.25. The van der Waals surface area contributed by atoms with Crippen molar-refractivity contribution in [2.45, 2.75) is 63.5 Å². The molecular formula is C18H32N2O3. The fourth-order valence-corrected chi connectivity index (χ4v) is 4.29. The number of rotatable bonds is 3. The maximum atomic E-state index is 12.9. The number of β-amino-alcohol motifs (C(OH)–C–C–N with tert-alkyl or cyclic N) is 1. The average Bonchev–Trinajstić information content (AvgIpc) is 2.58. The van der Waals surface area contributed by atoms with Crippen LogP contribution in [0, 0.1) is 5.92 Å². The molecule has 2 aliphatic heterocycles. The zero-order valence-electron chi connectivity index (χ0n) is 14.5. The topological polar surface area (TPSA) is 53.0 Å². The molecule has 0 aromatic carbocycles. The highest BCUT2D eigenvalue weighted by molar-refractivity contribution is 5.82. The van der Waals surface area contributed by atoms with Gasteiger partial charge in [0.25, 0.3) is 0 Å². The van der Waals surface area contributed by atoms with Crippen LogP contribution >= 0.6 is 0 Å². The maximum absolute atomic E-state index is 12.9. The molecule has 5 heteroatoms. The van der Waals surface area contributed by atoms with Crippen molar-refractivity contribution in [2.75, 3.05) is 39.4 Å².